The van der Waals surface area contributed by atoms with Crippen molar-refractivity contribution in [1.82, 2.24) is 0 Å². The van der Waals surface area contributed by atoms with Crippen LogP contribution in [0.1, 0.15) is 0 Å². The Balaban J connectivity index is 0. The van der Waals surface area contributed by atoms with Crippen LogP contribution in [0.4, 0.5) is 0 Å². The summed E-state index contributed by atoms with van der Waals surface area (Å²) in [5.41, 5.74) is 0. The van der Waals surface area contributed by atoms with Crippen LogP contribution in [0.2, 0.25) is 0 Å². The summed E-state index contributed by atoms with van der Waals surface area (Å²) in [5, 5.41) is 0. The Morgan fingerprint density at radius 2 is 1.27 bits per heavy atom. The van der Waals surface area contributed by atoms with Crippen molar-refractivity contribution in [3.63, 3.8) is 0 Å². The summed E-state index contributed by atoms with van der Waals surface area (Å²) in [5.74, 6) is -1.16. The molecule has 4 nitrogen and oxygen atoms in total. The Kier molecular flexibility index (Phi) is 9.89. The number of hydrogen-bond donors (Lipinski definition) is 0. The van der Waals surface area contributed by atoms with Crippen molar-refractivity contribution < 1.29 is 19.1 Å². The fraction of sp³-hybridized carbons (Fsp3) is 0.333. The molecule has 0 aliphatic rings. The minimum absolute atomic E-state index is 0. The molecule has 0 saturated heterocycles. The van der Waals surface area contributed by atoms with Gasteiger partial charge in [-0.25, -0.2) is 9.59 Å². The Labute approximate surface area is 94.5 Å². The summed E-state index contributed by atoms with van der Waals surface area (Å²) < 4.78 is 8.42. The zero-order valence-electron chi connectivity index (χ0n) is 6.49. The van der Waals surface area contributed by atoms with E-state index in [2.05, 4.69) is 9.47 Å². The number of hydrogen-bond acceptors (Lipinski definition) is 4. The largest absolute Gasteiger partial charge is 0.466 e. The fourth-order valence-electron chi connectivity index (χ4n) is 0.272. The average Bonchev–Trinajstić information content (AvgIpc) is 1.99. The van der Waals surface area contributed by atoms with E-state index in [-0.39, 0.29) is 37.7 Å². The van der Waals surface area contributed by atoms with Crippen LogP contribution in [0.5, 0.6) is 0 Å². The summed E-state index contributed by atoms with van der Waals surface area (Å²) in [6.07, 6.45) is 1.98. The number of carbonyl (C=O) groups is 2. The Morgan fingerprint density at radius 1 is 1.00 bits per heavy atom. The number of carbonyl (C=O) groups excluding carboxylic acids is 2. The van der Waals surface area contributed by atoms with Crippen molar-refractivity contribution in [2.24, 2.45) is 0 Å². The van der Waals surface area contributed by atoms with Gasteiger partial charge in [0.15, 0.2) is 0 Å². The van der Waals surface area contributed by atoms with Crippen molar-refractivity contribution >= 4 is 49.7 Å². The van der Waals surface area contributed by atoms with Gasteiger partial charge in [0.25, 0.3) is 0 Å². The topological polar surface area (TPSA) is 52.6 Å². The molecule has 0 aromatic carbocycles. The van der Waals surface area contributed by atoms with E-state index in [0.717, 1.165) is 12.2 Å². The van der Waals surface area contributed by atoms with Gasteiger partial charge in [-0.3, -0.25) is 0 Å². The molecular weight excluding hydrogens is 176 g/mol. The van der Waals surface area contributed by atoms with Gasteiger partial charge in [0, 0.05) is 49.9 Å². The van der Waals surface area contributed by atoms with Crippen molar-refractivity contribution in [1.29, 1.82) is 0 Å². The van der Waals surface area contributed by atoms with Crippen LogP contribution < -0.4 is 0 Å². The van der Waals surface area contributed by atoms with E-state index in [1.54, 1.807) is 0 Å². The molecule has 0 rings (SSSR count). The van der Waals surface area contributed by atoms with Gasteiger partial charge in [0.05, 0.1) is 14.2 Å². The zero-order valence-corrected chi connectivity index (χ0v) is 8.70. The minimum atomic E-state index is -0.578. The first-order chi connectivity index (χ1) is 4.70. The second-order valence-electron chi connectivity index (χ2n) is 1.38. The molecule has 0 aromatic rings. The molecule has 0 aliphatic heterocycles. The van der Waals surface area contributed by atoms with Crippen LogP contribution in [0.3, 0.4) is 0 Å². The van der Waals surface area contributed by atoms with Gasteiger partial charge in [-0.15, -0.1) is 0 Å². The van der Waals surface area contributed by atoms with Gasteiger partial charge in [0.1, 0.15) is 0 Å². The second-order valence-corrected chi connectivity index (χ2v) is 1.38. The zero-order chi connectivity index (χ0) is 7.98. The van der Waals surface area contributed by atoms with Gasteiger partial charge in [-0.1, -0.05) is 0 Å². The molecule has 0 saturated carbocycles. The summed E-state index contributed by atoms with van der Waals surface area (Å²) in [7, 11) is 2.45. The molecule has 0 bridgehead atoms. The van der Waals surface area contributed by atoms with Crippen LogP contribution in [-0.4, -0.2) is 63.9 Å². The van der Waals surface area contributed by atoms with E-state index in [9.17, 15) is 9.59 Å². The Bertz CT molecular complexity index is 146. The summed E-state index contributed by atoms with van der Waals surface area (Å²) >= 11 is 0. The smallest absolute Gasteiger partial charge is 0.330 e. The first-order valence-corrected chi connectivity index (χ1v) is 2.54. The quantitative estimate of drug-likeness (QED) is 0.330. The first kappa shape index (κ1) is 13.5. The van der Waals surface area contributed by atoms with E-state index in [4.69, 9.17) is 0 Å². The molecule has 0 amide bonds. The molecule has 0 N–H and O–H groups in total. The molecule has 0 unspecified atom stereocenters. The van der Waals surface area contributed by atoms with Crippen molar-refractivity contribution in [2.45, 2.75) is 0 Å². The van der Waals surface area contributed by atoms with Gasteiger partial charge >= 0.3 is 11.9 Å². The molecule has 2 radical (unpaired) electrons. The molecule has 0 fully saturated rings. The molecule has 5 heteroatoms. The number of esters is 2. The SMILES string of the molecule is COC(=O)/C=C\C(=O)OC.[Ca]. The number of rotatable bonds is 2. The van der Waals surface area contributed by atoms with Crippen molar-refractivity contribution in [2.75, 3.05) is 14.2 Å². The minimum Gasteiger partial charge on any atom is -0.466 e. The molecule has 0 spiro atoms. The van der Waals surface area contributed by atoms with E-state index in [0.29, 0.717) is 0 Å². The summed E-state index contributed by atoms with van der Waals surface area (Å²) in [6, 6.07) is 0. The molecule has 58 valence electrons. The van der Waals surface area contributed by atoms with Crippen LogP contribution in [0.15, 0.2) is 12.2 Å². The maximum absolute atomic E-state index is 10.3. The molecule has 11 heavy (non-hydrogen) atoms. The Morgan fingerprint density at radius 3 is 1.45 bits per heavy atom. The van der Waals surface area contributed by atoms with Gasteiger partial charge in [-0.2, -0.15) is 0 Å². The standard InChI is InChI=1S/C6H8O4.Ca/c1-9-5(7)3-4-6(8)10-2;/h3-4H,1-2H3;/b4-3-;. The maximum atomic E-state index is 10.3. The third-order valence-corrected chi connectivity index (χ3v) is 0.758. The van der Waals surface area contributed by atoms with Crippen LogP contribution >= 0.6 is 0 Å². The van der Waals surface area contributed by atoms with E-state index >= 15 is 0 Å². The van der Waals surface area contributed by atoms with Crippen molar-refractivity contribution in [3.05, 3.63) is 12.2 Å². The normalized spacial score (nSPS) is 8.55. The van der Waals surface area contributed by atoms with E-state index < -0.39 is 11.9 Å². The number of ether oxygens (including phenoxy) is 2. The predicted molar refractivity (Wildman–Crippen MR) is 38.9 cm³/mol. The monoisotopic (exact) mass is 184 g/mol. The maximum Gasteiger partial charge on any atom is 0.330 e. The summed E-state index contributed by atoms with van der Waals surface area (Å²) in [6.45, 7) is 0. The fourth-order valence-corrected chi connectivity index (χ4v) is 0.272. The van der Waals surface area contributed by atoms with Crippen molar-refractivity contribution in [3.8, 4) is 0 Å². The predicted octanol–water partition coefficient (Wildman–Crippen LogP) is -0.492. The van der Waals surface area contributed by atoms with Crippen LogP contribution in [0, 0.1) is 0 Å². The number of methoxy groups -OCH3 is 2. The second kappa shape index (κ2) is 8.04. The van der Waals surface area contributed by atoms with Gasteiger partial charge in [0.2, 0.25) is 0 Å². The third kappa shape index (κ3) is 7.84. The third-order valence-electron chi connectivity index (χ3n) is 0.758. The first-order valence-electron chi connectivity index (χ1n) is 2.54. The van der Waals surface area contributed by atoms with E-state index in [1.165, 1.54) is 14.2 Å². The molecule has 0 atom stereocenters. The Hall–Kier alpha value is -0.0603. The van der Waals surface area contributed by atoms with Crippen LogP contribution in [0.25, 0.3) is 0 Å². The molecule has 0 aromatic heterocycles. The van der Waals surface area contributed by atoms with E-state index in [1.807, 2.05) is 0 Å². The average molecular weight is 184 g/mol. The molecule has 0 heterocycles. The molecular formula is C6H8CaO4. The van der Waals surface area contributed by atoms with Gasteiger partial charge in [-0.05, 0) is 0 Å². The summed E-state index contributed by atoms with van der Waals surface area (Å²) in [4.78, 5) is 20.6. The van der Waals surface area contributed by atoms with Gasteiger partial charge < -0.3 is 9.47 Å². The molecule has 0 aliphatic carbocycles. The van der Waals surface area contributed by atoms with Crippen LogP contribution in [-0.2, 0) is 19.1 Å².